The molecule has 2 fully saturated rings. The normalized spacial score (nSPS) is 26.4. The number of nitrogens with one attached hydrogen (secondary N) is 2. The van der Waals surface area contributed by atoms with Crippen molar-refractivity contribution in [1.82, 2.24) is 10.6 Å². The van der Waals surface area contributed by atoms with Crippen LogP contribution in [0.4, 0.5) is 0 Å². The summed E-state index contributed by atoms with van der Waals surface area (Å²) in [6.45, 7) is 0. The first kappa shape index (κ1) is 17.1. The summed E-state index contributed by atoms with van der Waals surface area (Å²) in [6, 6.07) is 13.0. The van der Waals surface area contributed by atoms with Gasteiger partial charge in [-0.2, -0.15) is 0 Å². The summed E-state index contributed by atoms with van der Waals surface area (Å²) in [7, 11) is 0. The molecule has 4 rings (SSSR count). The minimum absolute atomic E-state index is 0.0943. The zero-order chi connectivity index (χ0) is 17.2. The third kappa shape index (κ3) is 4.08. The highest BCUT2D eigenvalue weighted by Gasteiger charge is 2.34. The van der Waals surface area contributed by atoms with Crippen LogP contribution in [0.1, 0.15) is 48.6 Å². The van der Waals surface area contributed by atoms with Gasteiger partial charge in [-0.3, -0.25) is 4.79 Å². The van der Waals surface area contributed by atoms with Crippen LogP contribution in [0.2, 0.25) is 5.02 Å². The van der Waals surface area contributed by atoms with Gasteiger partial charge in [0.15, 0.2) is 0 Å². The largest absolute Gasteiger partial charge is 0.344 e. The van der Waals surface area contributed by atoms with Gasteiger partial charge < -0.3 is 10.6 Å². The van der Waals surface area contributed by atoms with Gasteiger partial charge in [0.1, 0.15) is 0 Å². The highest BCUT2D eigenvalue weighted by molar-refractivity contribution is 7.10. The average Bonchev–Trinajstić information content (AvgIpc) is 3.23. The second-order valence-corrected chi connectivity index (χ2v) is 8.66. The minimum Gasteiger partial charge on any atom is -0.344 e. The summed E-state index contributed by atoms with van der Waals surface area (Å²) < 4.78 is 0. The van der Waals surface area contributed by atoms with Gasteiger partial charge in [0.2, 0.25) is 5.91 Å². The SMILES string of the molecule is O=C(CC1CC2CCC(C1)N2)NC(c1ccc(Cl)cc1)c1cccs1. The van der Waals surface area contributed by atoms with Crippen molar-refractivity contribution in [3.05, 3.63) is 57.2 Å². The number of thiophene rings is 1. The third-order valence-corrected chi connectivity index (χ3v) is 6.57. The molecule has 3 heterocycles. The van der Waals surface area contributed by atoms with Crippen LogP contribution in [0.5, 0.6) is 0 Å². The molecular formula is C20H23ClN2OS. The number of carbonyl (C=O) groups is 1. The van der Waals surface area contributed by atoms with Gasteiger partial charge in [0.25, 0.3) is 0 Å². The number of halogens is 1. The minimum atomic E-state index is -0.0943. The molecule has 1 aromatic heterocycles. The number of fused-ring (bicyclic) bond motifs is 2. The highest BCUT2D eigenvalue weighted by atomic mass is 35.5. The number of carbonyl (C=O) groups excluding carboxylic acids is 1. The van der Waals surface area contributed by atoms with Crippen molar-refractivity contribution >= 4 is 28.8 Å². The lowest BCUT2D eigenvalue weighted by Crippen LogP contribution is -2.40. The van der Waals surface area contributed by atoms with Gasteiger partial charge >= 0.3 is 0 Å². The number of hydrogen-bond acceptors (Lipinski definition) is 3. The summed E-state index contributed by atoms with van der Waals surface area (Å²) in [5, 5.41) is 9.67. The first-order chi connectivity index (χ1) is 12.2. The highest BCUT2D eigenvalue weighted by Crippen LogP contribution is 2.33. The Morgan fingerprint density at radius 2 is 1.92 bits per heavy atom. The molecule has 132 valence electrons. The molecule has 3 atom stereocenters. The predicted octanol–water partition coefficient (Wildman–Crippen LogP) is 4.53. The van der Waals surface area contributed by atoms with E-state index in [0.717, 1.165) is 23.3 Å². The average molecular weight is 375 g/mol. The Hall–Kier alpha value is -1.36. The van der Waals surface area contributed by atoms with Gasteiger partial charge in [-0.15, -0.1) is 11.3 Å². The Morgan fingerprint density at radius 3 is 2.56 bits per heavy atom. The summed E-state index contributed by atoms with van der Waals surface area (Å²) in [5.41, 5.74) is 1.07. The van der Waals surface area contributed by atoms with Crippen LogP contribution < -0.4 is 10.6 Å². The van der Waals surface area contributed by atoms with Crippen molar-refractivity contribution in [2.45, 2.75) is 50.2 Å². The molecule has 3 nitrogen and oxygen atoms in total. The number of amides is 1. The van der Waals surface area contributed by atoms with Gasteiger partial charge in [0.05, 0.1) is 6.04 Å². The van der Waals surface area contributed by atoms with Crippen molar-refractivity contribution in [3.8, 4) is 0 Å². The van der Waals surface area contributed by atoms with E-state index in [-0.39, 0.29) is 11.9 Å². The summed E-state index contributed by atoms with van der Waals surface area (Å²) in [6.07, 6.45) is 5.43. The van der Waals surface area contributed by atoms with E-state index in [1.807, 2.05) is 30.3 Å². The molecule has 25 heavy (non-hydrogen) atoms. The first-order valence-electron chi connectivity index (χ1n) is 9.01. The smallest absolute Gasteiger partial charge is 0.221 e. The van der Waals surface area contributed by atoms with Gasteiger partial charge in [-0.05, 0) is 60.7 Å². The van der Waals surface area contributed by atoms with E-state index in [1.165, 1.54) is 12.8 Å². The number of piperidine rings is 1. The molecule has 2 aromatic rings. The van der Waals surface area contributed by atoms with Crippen LogP contribution in [-0.4, -0.2) is 18.0 Å². The van der Waals surface area contributed by atoms with Crippen molar-refractivity contribution in [2.75, 3.05) is 0 Å². The molecule has 5 heteroatoms. The van der Waals surface area contributed by atoms with E-state index >= 15 is 0 Å². The van der Waals surface area contributed by atoms with E-state index in [0.29, 0.717) is 29.4 Å². The molecular weight excluding hydrogens is 352 g/mol. The van der Waals surface area contributed by atoms with Gasteiger partial charge in [-0.1, -0.05) is 29.8 Å². The summed E-state index contributed by atoms with van der Waals surface area (Å²) in [4.78, 5) is 13.9. The van der Waals surface area contributed by atoms with E-state index in [2.05, 4.69) is 22.1 Å². The number of benzene rings is 1. The molecule has 2 N–H and O–H groups in total. The molecule has 2 aliphatic heterocycles. The molecule has 2 bridgehead atoms. The maximum Gasteiger partial charge on any atom is 0.221 e. The molecule has 0 radical (unpaired) electrons. The molecule has 0 saturated carbocycles. The molecule has 0 aliphatic carbocycles. The lowest BCUT2D eigenvalue weighted by Gasteiger charge is -2.29. The van der Waals surface area contributed by atoms with E-state index in [9.17, 15) is 4.79 Å². The Labute approximate surface area is 157 Å². The van der Waals surface area contributed by atoms with Gasteiger partial charge in [-0.25, -0.2) is 0 Å². The third-order valence-electron chi connectivity index (χ3n) is 5.38. The van der Waals surface area contributed by atoms with Crippen molar-refractivity contribution in [3.63, 3.8) is 0 Å². The van der Waals surface area contributed by atoms with Crippen LogP contribution in [0, 0.1) is 5.92 Å². The topological polar surface area (TPSA) is 41.1 Å². The Kier molecular flexibility index (Phi) is 5.11. The Morgan fingerprint density at radius 1 is 1.20 bits per heavy atom. The Balaban J connectivity index is 1.45. The molecule has 3 unspecified atom stereocenters. The first-order valence-corrected chi connectivity index (χ1v) is 10.3. The molecule has 0 spiro atoms. The van der Waals surface area contributed by atoms with Crippen LogP contribution in [-0.2, 0) is 4.79 Å². The van der Waals surface area contributed by atoms with E-state index in [1.54, 1.807) is 11.3 Å². The zero-order valence-electron chi connectivity index (χ0n) is 14.1. The summed E-state index contributed by atoms with van der Waals surface area (Å²) >= 11 is 7.69. The Bertz CT molecular complexity index is 704. The maximum atomic E-state index is 12.7. The second kappa shape index (κ2) is 7.48. The second-order valence-electron chi connectivity index (χ2n) is 7.25. The van der Waals surface area contributed by atoms with E-state index in [4.69, 9.17) is 11.6 Å². The molecule has 2 saturated heterocycles. The molecule has 1 aromatic carbocycles. The van der Waals surface area contributed by atoms with Gasteiger partial charge in [0, 0.05) is 28.4 Å². The lowest BCUT2D eigenvalue weighted by molar-refractivity contribution is -0.122. The lowest BCUT2D eigenvalue weighted by atomic mass is 9.89. The number of rotatable bonds is 5. The zero-order valence-corrected chi connectivity index (χ0v) is 15.7. The maximum absolute atomic E-state index is 12.7. The summed E-state index contributed by atoms with van der Waals surface area (Å²) in [5.74, 6) is 0.660. The molecule has 1 amide bonds. The van der Waals surface area contributed by atoms with Crippen molar-refractivity contribution in [2.24, 2.45) is 5.92 Å². The fourth-order valence-corrected chi connectivity index (χ4v) is 5.18. The van der Waals surface area contributed by atoms with Crippen LogP contribution >= 0.6 is 22.9 Å². The van der Waals surface area contributed by atoms with Crippen LogP contribution in [0.3, 0.4) is 0 Å². The fraction of sp³-hybridized carbons (Fsp3) is 0.450. The fourth-order valence-electron chi connectivity index (χ4n) is 4.25. The monoisotopic (exact) mass is 374 g/mol. The van der Waals surface area contributed by atoms with E-state index < -0.39 is 0 Å². The standard InChI is InChI=1S/C20H23ClN2OS/c21-15-5-3-14(4-6-15)20(18-2-1-9-25-18)23-19(24)12-13-10-16-7-8-17(11-13)22-16/h1-6,9,13,16-17,20,22H,7-8,10-12H2,(H,23,24). The van der Waals surface area contributed by atoms with Crippen LogP contribution in [0.25, 0.3) is 0 Å². The van der Waals surface area contributed by atoms with Crippen molar-refractivity contribution in [1.29, 1.82) is 0 Å². The number of hydrogen-bond donors (Lipinski definition) is 2. The molecule has 2 aliphatic rings. The van der Waals surface area contributed by atoms with Crippen LogP contribution in [0.15, 0.2) is 41.8 Å². The van der Waals surface area contributed by atoms with Crippen molar-refractivity contribution < 1.29 is 4.79 Å². The quantitative estimate of drug-likeness (QED) is 0.807. The predicted molar refractivity (Wildman–Crippen MR) is 103 cm³/mol.